The van der Waals surface area contributed by atoms with E-state index in [1.54, 1.807) is 29.8 Å². The Morgan fingerprint density at radius 3 is 2.36 bits per heavy atom. The van der Waals surface area contributed by atoms with Crippen LogP contribution in [0.2, 0.25) is 0 Å². The van der Waals surface area contributed by atoms with Crippen LogP contribution >= 0.6 is 0 Å². The second-order valence-electron chi connectivity index (χ2n) is 6.07. The zero-order valence-corrected chi connectivity index (χ0v) is 13.7. The third kappa shape index (κ3) is 2.15. The van der Waals surface area contributed by atoms with Gasteiger partial charge in [-0.05, 0) is 42.0 Å². The zero-order chi connectivity index (χ0) is 17.7. The Balaban J connectivity index is 2.15. The van der Waals surface area contributed by atoms with E-state index >= 15 is 0 Å². The Labute approximate surface area is 143 Å². The summed E-state index contributed by atoms with van der Waals surface area (Å²) in [7, 11) is 3.62. The molecule has 5 heteroatoms. The lowest BCUT2D eigenvalue weighted by Crippen LogP contribution is -2.20. The molecule has 0 unspecified atom stereocenters. The van der Waals surface area contributed by atoms with Crippen LogP contribution in [0.5, 0.6) is 0 Å². The highest BCUT2D eigenvalue weighted by Crippen LogP contribution is 2.30. The summed E-state index contributed by atoms with van der Waals surface area (Å²) in [5.41, 5.74) is 3.31. The van der Waals surface area contributed by atoms with Crippen LogP contribution < -0.4 is 5.56 Å². The molecular weight excluding hydrogens is 317 g/mol. The van der Waals surface area contributed by atoms with Gasteiger partial charge in [0.1, 0.15) is 11.5 Å². The highest BCUT2D eigenvalue weighted by atomic mass is 19.1. The van der Waals surface area contributed by atoms with Gasteiger partial charge in [-0.1, -0.05) is 12.1 Å². The Hall–Kier alpha value is -3.39. The van der Waals surface area contributed by atoms with Crippen molar-refractivity contribution in [3.63, 3.8) is 0 Å². The lowest BCUT2D eigenvalue weighted by atomic mass is 10.0. The molecular formula is C20H14FN3O. The van der Waals surface area contributed by atoms with Crippen LogP contribution in [0.3, 0.4) is 0 Å². The van der Waals surface area contributed by atoms with Gasteiger partial charge >= 0.3 is 0 Å². The molecule has 4 rings (SSSR count). The van der Waals surface area contributed by atoms with Crippen molar-refractivity contribution in [3.8, 4) is 17.2 Å². The molecule has 0 fully saturated rings. The predicted molar refractivity (Wildman–Crippen MR) is 95.8 cm³/mol. The number of pyridine rings is 1. The number of nitriles is 1. The molecule has 0 atom stereocenters. The molecule has 0 amide bonds. The maximum atomic E-state index is 13.2. The molecule has 0 aliphatic heterocycles. The second kappa shape index (κ2) is 5.32. The number of hydrogen-bond acceptors (Lipinski definition) is 2. The fraction of sp³-hybridized carbons (Fsp3) is 0.100. The van der Waals surface area contributed by atoms with Crippen molar-refractivity contribution < 1.29 is 4.39 Å². The molecule has 2 heterocycles. The summed E-state index contributed by atoms with van der Waals surface area (Å²) >= 11 is 0. The van der Waals surface area contributed by atoms with Gasteiger partial charge in [0.05, 0.1) is 17.1 Å². The topological polar surface area (TPSA) is 50.7 Å². The first-order valence-corrected chi connectivity index (χ1v) is 7.79. The standard InChI is InChI=1S/C20H14FN3O/c1-23-18-8-3-12(11-22)9-16(18)17-10-15(20(25)24(2)19(17)23)13-4-6-14(21)7-5-13/h3-10H,1-2H3. The van der Waals surface area contributed by atoms with E-state index in [2.05, 4.69) is 6.07 Å². The van der Waals surface area contributed by atoms with E-state index in [9.17, 15) is 14.4 Å². The highest BCUT2D eigenvalue weighted by Gasteiger charge is 2.16. The number of aryl methyl sites for hydroxylation is 2. The van der Waals surface area contributed by atoms with Gasteiger partial charge in [-0.25, -0.2) is 4.39 Å². The quantitative estimate of drug-likeness (QED) is 0.534. The van der Waals surface area contributed by atoms with Crippen LogP contribution in [-0.4, -0.2) is 9.13 Å². The van der Waals surface area contributed by atoms with Crippen LogP contribution in [0.4, 0.5) is 4.39 Å². The number of halogens is 1. The molecule has 0 radical (unpaired) electrons. The van der Waals surface area contributed by atoms with Gasteiger partial charge in [-0.15, -0.1) is 0 Å². The molecule has 2 aromatic heterocycles. The second-order valence-corrected chi connectivity index (χ2v) is 6.07. The van der Waals surface area contributed by atoms with Crippen LogP contribution in [0.1, 0.15) is 5.56 Å². The minimum atomic E-state index is -0.342. The fourth-order valence-electron chi connectivity index (χ4n) is 3.40. The van der Waals surface area contributed by atoms with E-state index in [1.165, 1.54) is 12.1 Å². The van der Waals surface area contributed by atoms with E-state index in [0.717, 1.165) is 21.9 Å². The molecule has 4 nitrogen and oxygen atoms in total. The van der Waals surface area contributed by atoms with Crippen molar-refractivity contribution in [2.24, 2.45) is 14.1 Å². The summed E-state index contributed by atoms with van der Waals surface area (Å²) in [4.78, 5) is 12.8. The minimum absolute atomic E-state index is 0.148. The van der Waals surface area contributed by atoms with Crippen molar-refractivity contribution in [1.82, 2.24) is 9.13 Å². The SMILES string of the molecule is Cn1c(=O)c(-c2ccc(F)cc2)cc2c3cc(C#N)ccc3n(C)c21. The van der Waals surface area contributed by atoms with Crippen LogP contribution in [-0.2, 0) is 14.1 Å². The zero-order valence-electron chi connectivity index (χ0n) is 13.7. The van der Waals surface area contributed by atoms with Crippen molar-refractivity contribution in [3.05, 3.63) is 70.3 Å². The lowest BCUT2D eigenvalue weighted by molar-refractivity contribution is 0.628. The fourth-order valence-corrected chi connectivity index (χ4v) is 3.40. The first-order chi connectivity index (χ1) is 12.0. The van der Waals surface area contributed by atoms with Gasteiger partial charge in [0.15, 0.2) is 0 Å². The van der Waals surface area contributed by atoms with E-state index in [1.807, 2.05) is 29.8 Å². The monoisotopic (exact) mass is 331 g/mol. The van der Waals surface area contributed by atoms with Crippen molar-refractivity contribution in [1.29, 1.82) is 5.26 Å². The summed E-state index contributed by atoms with van der Waals surface area (Å²) in [6.07, 6.45) is 0. The summed E-state index contributed by atoms with van der Waals surface area (Å²) in [6, 6.07) is 15.3. The average molecular weight is 331 g/mol. The number of fused-ring (bicyclic) bond motifs is 3. The summed E-state index contributed by atoms with van der Waals surface area (Å²) in [6.45, 7) is 0. The van der Waals surface area contributed by atoms with Crippen molar-refractivity contribution >= 4 is 21.9 Å². The number of rotatable bonds is 1. The van der Waals surface area contributed by atoms with Crippen LogP contribution in [0.25, 0.3) is 33.1 Å². The molecule has 0 spiro atoms. The highest BCUT2D eigenvalue weighted by molar-refractivity contribution is 6.08. The third-order valence-corrected chi connectivity index (χ3v) is 4.63. The Kier molecular flexibility index (Phi) is 3.22. The van der Waals surface area contributed by atoms with Gasteiger partial charge in [0.25, 0.3) is 5.56 Å². The molecule has 0 saturated carbocycles. The van der Waals surface area contributed by atoms with Crippen molar-refractivity contribution in [2.75, 3.05) is 0 Å². The van der Waals surface area contributed by atoms with Crippen LogP contribution in [0.15, 0.2) is 53.3 Å². The molecule has 2 aromatic carbocycles. The molecule has 0 aliphatic carbocycles. The number of hydrogen-bond donors (Lipinski definition) is 0. The maximum absolute atomic E-state index is 13.2. The first kappa shape index (κ1) is 15.2. The third-order valence-electron chi connectivity index (χ3n) is 4.63. The summed E-state index contributed by atoms with van der Waals surface area (Å²) in [5.74, 6) is -0.342. The molecule has 4 aromatic rings. The largest absolute Gasteiger partial charge is 0.330 e. The normalized spacial score (nSPS) is 11.1. The number of aromatic nitrogens is 2. The van der Waals surface area contributed by atoms with Crippen molar-refractivity contribution in [2.45, 2.75) is 0 Å². The van der Waals surface area contributed by atoms with Gasteiger partial charge in [-0.2, -0.15) is 5.26 Å². The first-order valence-electron chi connectivity index (χ1n) is 7.79. The van der Waals surface area contributed by atoms with E-state index in [0.29, 0.717) is 16.7 Å². The molecule has 25 heavy (non-hydrogen) atoms. The summed E-state index contributed by atoms with van der Waals surface area (Å²) < 4.78 is 16.8. The van der Waals surface area contributed by atoms with Gasteiger partial charge in [-0.3, -0.25) is 9.36 Å². The molecule has 0 saturated heterocycles. The predicted octanol–water partition coefficient (Wildman–Crippen LogP) is 3.71. The number of nitrogens with zero attached hydrogens (tertiary/aromatic N) is 3. The average Bonchev–Trinajstić information content (AvgIpc) is 2.90. The van der Waals surface area contributed by atoms with Gasteiger partial charge in [0.2, 0.25) is 0 Å². The lowest BCUT2D eigenvalue weighted by Gasteiger charge is -2.08. The Morgan fingerprint density at radius 1 is 0.960 bits per heavy atom. The van der Waals surface area contributed by atoms with Crippen LogP contribution in [0, 0.1) is 17.1 Å². The van der Waals surface area contributed by atoms with E-state index in [-0.39, 0.29) is 11.4 Å². The smallest absolute Gasteiger partial charge is 0.259 e. The van der Waals surface area contributed by atoms with Gasteiger partial charge in [0, 0.05) is 30.4 Å². The Bertz CT molecular complexity index is 1240. The molecule has 0 bridgehead atoms. The minimum Gasteiger partial charge on any atom is -0.330 e. The van der Waals surface area contributed by atoms with E-state index in [4.69, 9.17) is 0 Å². The summed E-state index contributed by atoms with van der Waals surface area (Å²) in [5, 5.41) is 11.0. The molecule has 122 valence electrons. The molecule has 0 aliphatic rings. The maximum Gasteiger partial charge on any atom is 0.259 e. The Morgan fingerprint density at radius 2 is 1.68 bits per heavy atom. The molecule has 0 N–H and O–H groups in total. The number of benzene rings is 2. The van der Waals surface area contributed by atoms with E-state index < -0.39 is 0 Å². The van der Waals surface area contributed by atoms with Gasteiger partial charge < -0.3 is 4.57 Å².